The van der Waals surface area contributed by atoms with Crippen LogP contribution in [0.15, 0.2) is 23.6 Å². The van der Waals surface area contributed by atoms with Gasteiger partial charge in [-0.2, -0.15) is 0 Å². The summed E-state index contributed by atoms with van der Waals surface area (Å²) in [4.78, 5) is 13.1. The molecule has 106 valence electrons. The fourth-order valence-electron chi connectivity index (χ4n) is 2.32. The summed E-state index contributed by atoms with van der Waals surface area (Å²) in [5.74, 6) is -0.419. The highest BCUT2D eigenvalue weighted by atomic mass is 32.1. The molecule has 0 saturated heterocycles. The maximum absolute atomic E-state index is 12.2. The van der Waals surface area contributed by atoms with Crippen LogP contribution in [0.5, 0.6) is 5.75 Å². The summed E-state index contributed by atoms with van der Waals surface area (Å²) >= 11 is 1.54. The summed E-state index contributed by atoms with van der Waals surface area (Å²) in [5.41, 5.74) is 2.80. The Bertz CT molecular complexity index is 615. The highest BCUT2D eigenvalue weighted by Gasteiger charge is 2.23. The number of phenols is 1. The Hall–Kier alpha value is -1.81. The van der Waals surface area contributed by atoms with Gasteiger partial charge in [-0.05, 0) is 48.9 Å². The third-order valence-electron chi connectivity index (χ3n) is 3.25. The average Bonchev–Trinajstić information content (AvgIpc) is 2.92. The highest BCUT2D eigenvalue weighted by Crippen LogP contribution is 2.38. The van der Waals surface area contributed by atoms with Gasteiger partial charge in [-0.15, -0.1) is 11.3 Å². The van der Waals surface area contributed by atoms with Crippen LogP contribution in [0.25, 0.3) is 10.4 Å². The second-order valence-corrected chi connectivity index (χ2v) is 5.44. The zero-order valence-electron chi connectivity index (χ0n) is 11.9. The number of hydrogen-bond acceptors (Lipinski definition) is 4. The van der Waals surface area contributed by atoms with E-state index in [1.165, 1.54) is 11.3 Å². The molecule has 2 rings (SSSR count). The van der Waals surface area contributed by atoms with E-state index in [0.717, 1.165) is 21.6 Å². The molecule has 4 heteroatoms. The second kappa shape index (κ2) is 6.09. The summed E-state index contributed by atoms with van der Waals surface area (Å²) in [6, 6.07) is 5.82. The molecule has 0 atom stereocenters. The van der Waals surface area contributed by atoms with Crippen molar-refractivity contribution in [2.45, 2.75) is 27.2 Å². The van der Waals surface area contributed by atoms with E-state index >= 15 is 0 Å². The van der Waals surface area contributed by atoms with Crippen molar-refractivity contribution in [3.8, 4) is 16.2 Å². The van der Waals surface area contributed by atoms with Crippen molar-refractivity contribution in [3.05, 3.63) is 40.3 Å². The van der Waals surface area contributed by atoms with Crippen molar-refractivity contribution in [1.82, 2.24) is 0 Å². The van der Waals surface area contributed by atoms with Crippen LogP contribution in [0.2, 0.25) is 0 Å². The Kier molecular flexibility index (Phi) is 4.45. The summed E-state index contributed by atoms with van der Waals surface area (Å²) in [7, 11) is 0. The largest absolute Gasteiger partial charge is 0.507 e. The predicted octanol–water partition coefficient (Wildman–Crippen LogP) is 4.17. The summed E-state index contributed by atoms with van der Waals surface area (Å²) in [6.07, 6.45) is 0.675. The molecule has 0 aliphatic rings. The van der Waals surface area contributed by atoms with E-state index in [0.29, 0.717) is 6.42 Å². The quantitative estimate of drug-likeness (QED) is 0.860. The van der Waals surface area contributed by atoms with Gasteiger partial charge in [0, 0.05) is 10.4 Å². The Morgan fingerprint density at radius 3 is 2.70 bits per heavy atom. The molecule has 1 aromatic carbocycles. The van der Waals surface area contributed by atoms with Crippen molar-refractivity contribution < 1.29 is 14.6 Å². The Morgan fingerprint density at radius 2 is 2.15 bits per heavy atom. The minimum absolute atomic E-state index is 0.0503. The molecule has 0 spiro atoms. The molecule has 0 aliphatic carbocycles. The zero-order valence-corrected chi connectivity index (χ0v) is 12.7. The standard InChI is InChI=1S/C16H18O3S/c1-4-11-10(3)9-12(13-7-6-8-20-13)14(15(11)17)16(18)19-5-2/h6-9,17H,4-5H2,1-3H3. The van der Waals surface area contributed by atoms with Gasteiger partial charge in [-0.1, -0.05) is 13.0 Å². The van der Waals surface area contributed by atoms with Crippen molar-refractivity contribution in [3.63, 3.8) is 0 Å². The molecular weight excluding hydrogens is 272 g/mol. The van der Waals surface area contributed by atoms with Crippen LogP contribution in [0.3, 0.4) is 0 Å². The number of rotatable bonds is 4. The SMILES string of the molecule is CCOC(=O)c1c(-c2cccs2)cc(C)c(CC)c1O. The Morgan fingerprint density at radius 1 is 1.40 bits per heavy atom. The normalized spacial score (nSPS) is 10.6. The first-order valence-corrected chi connectivity index (χ1v) is 7.54. The van der Waals surface area contributed by atoms with Gasteiger partial charge in [0.25, 0.3) is 0 Å². The van der Waals surface area contributed by atoms with E-state index in [9.17, 15) is 9.90 Å². The van der Waals surface area contributed by atoms with Gasteiger partial charge in [0.2, 0.25) is 0 Å². The average molecular weight is 290 g/mol. The van der Waals surface area contributed by atoms with E-state index < -0.39 is 5.97 Å². The lowest BCUT2D eigenvalue weighted by molar-refractivity contribution is 0.0524. The topological polar surface area (TPSA) is 46.5 Å². The molecule has 0 saturated carbocycles. The van der Waals surface area contributed by atoms with Gasteiger partial charge in [-0.3, -0.25) is 0 Å². The molecule has 3 nitrogen and oxygen atoms in total. The van der Waals surface area contributed by atoms with Gasteiger partial charge >= 0.3 is 5.97 Å². The van der Waals surface area contributed by atoms with Gasteiger partial charge in [0.15, 0.2) is 0 Å². The Balaban J connectivity index is 2.69. The first kappa shape index (κ1) is 14.6. The molecule has 0 fully saturated rings. The van der Waals surface area contributed by atoms with Crippen LogP contribution < -0.4 is 0 Å². The van der Waals surface area contributed by atoms with Crippen molar-refractivity contribution in [2.24, 2.45) is 0 Å². The van der Waals surface area contributed by atoms with Crippen LogP contribution in [-0.4, -0.2) is 17.7 Å². The summed E-state index contributed by atoms with van der Waals surface area (Å²) < 4.78 is 5.09. The second-order valence-electron chi connectivity index (χ2n) is 4.49. The number of hydrogen-bond donors (Lipinski definition) is 1. The summed E-state index contributed by atoms with van der Waals surface area (Å²) in [5, 5.41) is 12.4. The van der Waals surface area contributed by atoms with E-state index in [1.54, 1.807) is 6.92 Å². The number of phenolic OH excluding ortho intramolecular Hbond substituents is 1. The van der Waals surface area contributed by atoms with Crippen molar-refractivity contribution in [1.29, 1.82) is 0 Å². The minimum Gasteiger partial charge on any atom is -0.507 e. The van der Waals surface area contributed by atoms with Crippen LogP contribution in [0.1, 0.15) is 35.3 Å². The number of benzene rings is 1. The lowest BCUT2D eigenvalue weighted by Crippen LogP contribution is -2.08. The number of carbonyl (C=O) groups excluding carboxylic acids is 1. The first-order valence-electron chi connectivity index (χ1n) is 6.66. The van der Waals surface area contributed by atoms with Gasteiger partial charge in [0.05, 0.1) is 6.61 Å². The number of esters is 1. The molecule has 2 aromatic rings. The molecule has 0 radical (unpaired) electrons. The van der Waals surface area contributed by atoms with E-state index in [-0.39, 0.29) is 17.9 Å². The van der Waals surface area contributed by atoms with Gasteiger partial charge < -0.3 is 9.84 Å². The molecule has 0 bridgehead atoms. The molecule has 0 unspecified atom stereocenters. The molecule has 1 heterocycles. The maximum atomic E-state index is 12.2. The van der Waals surface area contributed by atoms with E-state index in [2.05, 4.69) is 0 Å². The number of aryl methyl sites for hydroxylation is 1. The fourth-order valence-corrected chi connectivity index (χ4v) is 3.07. The molecule has 0 aliphatic heterocycles. The number of thiophene rings is 1. The van der Waals surface area contributed by atoms with Gasteiger partial charge in [0.1, 0.15) is 11.3 Å². The lowest BCUT2D eigenvalue weighted by atomic mass is 9.95. The molecule has 0 amide bonds. The van der Waals surface area contributed by atoms with Crippen LogP contribution in [-0.2, 0) is 11.2 Å². The van der Waals surface area contributed by atoms with E-state index in [4.69, 9.17) is 4.74 Å². The number of carbonyl (C=O) groups is 1. The number of aromatic hydroxyl groups is 1. The molecular formula is C16H18O3S. The van der Waals surface area contributed by atoms with Crippen LogP contribution in [0, 0.1) is 6.92 Å². The van der Waals surface area contributed by atoms with Crippen molar-refractivity contribution in [2.75, 3.05) is 6.61 Å². The van der Waals surface area contributed by atoms with Gasteiger partial charge in [-0.25, -0.2) is 4.79 Å². The fraction of sp³-hybridized carbons (Fsp3) is 0.312. The zero-order chi connectivity index (χ0) is 14.7. The van der Waals surface area contributed by atoms with E-state index in [1.807, 2.05) is 37.4 Å². The van der Waals surface area contributed by atoms with Crippen LogP contribution in [0.4, 0.5) is 0 Å². The lowest BCUT2D eigenvalue weighted by Gasteiger charge is -2.15. The van der Waals surface area contributed by atoms with Crippen LogP contribution >= 0.6 is 11.3 Å². The monoisotopic (exact) mass is 290 g/mol. The summed E-state index contributed by atoms with van der Waals surface area (Å²) in [6.45, 7) is 5.96. The Labute approximate surface area is 122 Å². The molecule has 1 N–H and O–H groups in total. The third-order valence-corrected chi connectivity index (χ3v) is 4.15. The first-order chi connectivity index (χ1) is 9.60. The minimum atomic E-state index is -0.469. The maximum Gasteiger partial charge on any atom is 0.342 e. The molecule has 20 heavy (non-hydrogen) atoms. The molecule has 1 aromatic heterocycles. The third kappa shape index (κ3) is 2.56. The predicted molar refractivity (Wildman–Crippen MR) is 81.5 cm³/mol. The smallest absolute Gasteiger partial charge is 0.342 e. The number of ether oxygens (including phenoxy) is 1. The van der Waals surface area contributed by atoms with Crippen molar-refractivity contribution >= 4 is 17.3 Å². The highest BCUT2D eigenvalue weighted by molar-refractivity contribution is 7.13.